The Hall–Kier alpha value is -1.39. The number of nitrogens with two attached hydrogens (primary N) is 1. The van der Waals surface area contributed by atoms with Crippen LogP contribution in [0.2, 0.25) is 0 Å². The van der Waals surface area contributed by atoms with E-state index in [1.807, 2.05) is 31.2 Å². The molecule has 0 aliphatic carbocycles. The molecule has 1 heterocycles. The SMILES string of the molecule is CC1CCN(C(=O)c2cccc(CCN)c2)CC1O. The lowest BCUT2D eigenvalue weighted by Gasteiger charge is -2.34. The second-order valence-electron chi connectivity index (χ2n) is 5.32. The molecule has 0 saturated carbocycles. The normalized spacial score (nSPS) is 23.4. The van der Waals surface area contributed by atoms with Crippen molar-refractivity contribution in [3.63, 3.8) is 0 Å². The van der Waals surface area contributed by atoms with Crippen LogP contribution in [0.1, 0.15) is 29.3 Å². The highest BCUT2D eigenvalue weighted by Crippen LogP contribution is 2.19. The van der Waals surface area contributed by atoms with Crippen molar-refractivity contribution in [2.45, 2.75) is 25.9 Å². The predicted molar refractivity (Wildman–Crippen MR) is 74.9 cm³/mol. The minimum absolute atomic E-state index is 0.00446. The highest BCUT2D eigenvalue weighted by atomic mass is 16.3. The van der Waals surface area contributed by atoms with Crippen LogP contribution >= 0.6 is 0 Å². The van der Waals surface area contributed by atoms with E-state index in [-0.39, 0.29) is 11.8 Å². The number of β-amino-alcohol motifs (C(OH)–C–C–N with tert-alkyl or cyclic N) is 1. The van der Waals surface area contributed by atoms with Gasteiger partial charge < -0.3 is 15.7 Å². The van der Waals surface area contributed by atoms with Crippen LogP contribution in [-0.2, 0) is 6.42 Å². The van der Waals surface area contributed by atoms with Crippen LogP contribution in [0.3, 0.4) is 0 Å². The van der Waals surface area contributed by atoms with Gasteiger partial charge in [-0.25, -0.2) is 0 Å². The van der Waals surface area contributed by atoms with Gasteiger partial charge >= 0.3 is 0 Å². The topological polar surface area (TPSA) is 66.6 Å². The number of carbonyl (C=O) groups excluding carboxylic acids is 1. The predicted octanol–water partition coefficient (Wildman–Crippen LogP) is 1.03. The van der Waals surface area contributed by atoms with Crippen molar-refractivity contribution in [1.29, 1.82) is 0 Å². The molecule has 1 amide bonds. The maximum absolute atomic E-state index is 12.4. The fourth-order valence-corrected chi connectivity index (χ4v) is 2.44. The Morgan fingerprint density at radius 3 is 3.00 bits per heavy atom. The van der Waals surface area contributed by atoms with Crippen molar-refractivity contribution in [2.24, 2.45) is 11.7 Å². The van der Waals surface area contributed by atoms with Crippen molar-refractivity contribution >= 4 is 5.91 Å². The third-order valence-corrected chi connectivity index (χ3v) is 3.81. The molecule has 2 atom stereocenters. The molecule has 3 N–H and O–H groups in total. The third-order valence-electron chi connectivity index (χ3n) is 3.81. The first-order valence-corrected chi connectivity index (χ1v) is 6.88. The molecule has 4 heteroatoms. The second-order valence-corrected chi connectivity index (χ2v) is 5.32. The summed E-state index contributed by atoms with van der Waals surface area (Å²) >= 11 is 0. The van der Waals surface area contributed by atoms with Gasteiger partial charge in [0.05, 0.1) is 6.10 Å². The number of nitrogens with zero attached hydrogens (tertiary/aromatic N) is 1. The summed E-state index contributed by atoms with van der Waals surface area (Å²) in [5.41, 5.74) is 7.30. The van der Waals surface area contributed by atoms with Crippen LogP contribution in [0.4, 0.5) is 0 Å². The molecule has 0 spiro atoms. The summed E-state index contributed by atoms with van der Waals surface area (Å²) in [7, 11) is 0. The minimum atomic E-state index is -0.412. The Morgan fingerprint density at radius 2 is 2.32 bits per heavy atom. The summed E-state index contributed by atoms with van der Waals surface area (Å²) in [5, 5.41) is 9.87. The van der Waals surface area contributed by atoms with Gasteiger partial charge in [-0.2, -0.15) is 0 Å². The first-order chi connectivity index (χ1) is 9.11. The van der Waals surface area contributed by atoms with Crippen LogP contribution in [-0.4, -0.2) is 41.7 Å². The van der Waals surface area contributed by atoms with Gasteiger partial charge in [-0.05, 0) is 43.0 Å². The van der Waals surface area contributed by atoms with Gasteiger partial charge in [0.15, 0.2) is 0 Å². The zero-order chi connectivity index (χ0) is 13.8. The maximum atomic E-state index is 12.4. The molecule has 0 bridgehead atoms. The van der Waals surface area contributed by atoms with E-state index in [1.165, 1.54) is 0 Å². The molecule has 1 fully saturated rings. The first-order valence-electron chi connectivity index (χ1n) is 6.88. The molecule has 2 rings (SSSR count). The van der Waals surface area contributed by atoms with Crippen LogP contribution in [0.25, 0.3) is 0 Å². The first kappa shape index (κ1) is 14.0. The third kappa shape index (κ3) is 3.33. The molecule has 0 radical (unpaired) electrons. The number of benzene rings is 1. The van der Waals surface area contributed by atoms with Crippen molar-refractivity contribution in [3.8, 4) is 0 Å². The van der Waals surface area contributed by atoms with E-state index in [0.717, 1.165) is 24.9 Å². The lowest BCUT2D eigenvalue weighted by atomic mass is 9.95. The van der Waals surface area contributed by atoms with E-state index in [1.54, 1.807) is 4.90 Å². The van der Waals surface area contributed by atoms with Gasteiger partial charge in [0.1, 0.15) is 0 Å². The highest BCUT2D eigenvalue weighted by molar-refractivity contribution is 5.94. The molecule has 0 aromatic heterocycles. The Balaban J connectivity index is 2.09. The number of aliphatic hydroxyl groups is 1. The van der Waals surface area contributed by atoms with Crippen LogP contribution in [0.5, 0.6) is 0 Å². The average Bonchev–Trinajstić information content (AvgIpc) is 2.42. The molecular formula is C15H22N2O2. The standard InChI is InChI=1S/C15H22N2O2/c1-11-6-8-17(10-14(11)18)15(19)13-4-2-3-12(9-13)5-7-16/h2-4,9,11,14,18H,5-8,10,16H2,1H3. The average molecular weight is 262 g/mol. The number of hydrogen-bond acceptors (Lipinski definition) is 3. The van der Waals surface area contributed by atoms with E-state index in [2.05, 4.69) is 0 Å². The fraction of sp³-hybridized carbons (Fsp3) is 0.533. The van der Waals surface area contributed by atoms with E-state index in [0.29, 0.717) is 18.7 Å². The second kappa shape index (κ2) is 6.17. The minimum Gasteiger partial charge on any atom is -0.391 e. The van der Waals surface area contributed by atoms with Crippen LogP contribution in [0, 0.1) is 5.92 Å². The van der Waals surface area contributed by atoms with E-state index >= 15 is 0 Å². The summed E-state index contributed by atoms with van der Waals surface area (Å²) in [6.45, 7) is 3.76. The summed E-state index contributed by atoms with van der Waals surface area (Å²) in [4.78, 5) is 14.1. The van der Waals surface area contributed by atoms with Gasteiger partial charge in [0.25, 0.3) is 5.91 Å². The lowest BCUT2D eigenvalue weighted by Crippen LogP contribution is -2.45. The summed E-state index contributed by atoms with van der Waals surface area (Å²) in [6.07, 6.45) is 1.22. The van der Waals surface area contributed by atoms with Gasteiger partial charge in [-0.1, -0.05) is 19.1 Å². The number of likely N-dealkylation sites (tertiary alicyclic amines) is 1. The van der Waals surface area contributed by atoms with Gasteiger partial charge in [-0.15, -0.1) is 0 Å². The molecule has 4 nitrogen and oxygen atoms in total. The molecule has 19 heavy (non-hydrogen) atoms. The van der Waals surface area contributed by atoms with Crippen molar-refractivity contribution in [3.05, 3.63) is 35.4 Å². The smallest absolute Gasteiger partial charge is 0.253 e. The molecule has 1 aromatic carbocycles. The molecule has 1 aliphatic rings. The Morgan fingerprint density at radius 1 is 1.53 bits per heavy atom. The molecular weight excluding hydrogens is 240 g/mol. The Kier molecular flexibility index (Phi) is 4.56. The Labute approximate surface area is 114 Å². The summed E-state index contributed by atoms with van der Waals surface area (Å²) in [5.74, 6) is 0.275. The zero-order valence-electron chi connectivity index (χ0n) is 11.4. The van der Waals surface area contributed by atoms with E-state index in [9.17, 15) is 9.90 Å². The van der Waals surface area contributed by atoms with Gasteiger partial charge in [0, 0.05) is 18.7 Å². The van der Waals surface area contributed by atoms with Crippen LogP contribution < -0.4 is 5.73 Å². The number of piperidine rings is 1. The van der Waals surface area contributed by atoms with Crippen molar-refractivity contribution < 1.29 is 9.90 Å². The lowest BCUT2D eigenvalue weighted by molar-refractivity contribution is 0.0248. The van der Waals surface area contributed by atoms with E-state index < -0.39 is 6.10 Å². The quantitative estimate of drug-likeness (QED) is 0.855. The molecule has 104 valence electrons. The van der Waals surface area contributed by atoms with Gasteiger partial charge in [-0.3, -0.25) is 4.79 Å². The Bertz CT molecular complexity index is 448. The van der Waals surface area contributed by atoms with Crippen molar-refractivity contribution in [1.82, 2.24) is 4.90 Å². The largest absolute Gasteiger partial charge is 0.391 e. The number of aliphatic hydroxyl groups excluding tert-OH is 1. The summed E-state index contributed by atoms with van der Waals surface area (Å²) in [6, 6.07) is 7.60. The molecule has 1 aromatic rings. The number of rotatable bonds is 3. The molecule has 1 saturated heterocycles. The fourth-order valence-electron chi connectivity index (χ4n) is 2.44. The molecule has 1 aliphatic heterocycles. The highest BCUT2D eigenvalue weighted by Gasteiger charge is 2.27. The van der Waals surface area contributed by atoms with Crippen molar-refractivity contribution in [2.75, 3.05) is 19.6 Å². The zero-order valence-corrected chi connectivity index (χ0v) is 11.4. The monoisotopic (exact) mass is 262 g/mol. The maximum Gasteiger partial charge on any atom is 0.253 e. The number of hydrogen-bond donors (Lipinski definition) is 2. The number of carbonyl (C=O) groups is 1. The van der Waals surface area contributed by atoms with Gasteiger partial charge in [0.2, 0.25) is 0 Å². The van der Waals surface area contributed by atoms with Crippen LogP contribution in [0.15, 0.2) is 24.3 Å². The van der Waals surface area contributed by atoms with E-state index in [4.69, 9.17) is 5.73 Å². The summed E-state index contributed by atoms with van der Waals surface area (Å²) < 4.78 is 0. The molecule has 2 unspecified atom stereocenters. The number of amides is 1.